The summed E-state index contributed by atoms with van der Waals surface area (Å²) in [6.45, 7) is 1.05. The van der Waals surface area contributed by atoms with Crippen molar-refractivity contribution in [1.29, 1.82) is 0 Å². The zero-order chi connectivity index (χ0) is 19.6. The Balaban J connectivity index is 1.42. The van der Waals surface area contributed by atoms with Gasteiger partial charge in [-0.2, -0.15) is 0 Å². The number of amides is 1. The molecule has 0 spiro atoms. The molecule has 0 aliphatic rings. The predicted molar refractivity (Wildman–Crippen MR) is 115 cm³/mol. The van der Waals surface area contributed by atoms with Crippen molar-refractivity contribution < 1.29 is 14.3 Å². The first-order valence-electron chi connectivity index (χ1n) is 8.89. The average molecular weight is 441 g/mol. The molecule has 3 rings (SSSR count). The fraction of sp³-hybridized carbons (Fsp3) is 0.136. The summed E-state index contributed by atoms with van der Waals surface area (Å²) in [5.74, 6) is 1.41. The van der Waals surface area contributed by atoms with Crippen LogP contribution < -0.4 is 20.1 Å². The van der Waals surface area contributed by atoms with Gasteiger partial charge in [0.2, 0.25) is 5.91 Å². The molecule has 3 aromatic carbocycles. The van der Waals surface area contributed by atoms with E-state index in [2.05, 4.69) is 26.6 Å². The summed E-state index contributed by atoms with van der Waals surface area (Å²) in [5, 5.41) is 5.95. The Bertz CT molecular complexity index is 903. The third kappa shape index (κ3) is 6.63. The van der Waals surface area contributed by atoms with Crippen LogP contribution in [0.2, 0.25) is 0 Å². The summed E-state index contributed by atoms with van der Waals surface area (Å²) in [6.07, 6.45) is 0. The van der Waals surface area contributed by atoms with Gasteiger partial charge in [-0.3, -0.25) is 4.79 Å². The summed E-state index contributed by atoms with van der Waals surface area (Å²) in [7, 11) is 0. The molecule has 5 nitrogen and oxygen atoms in total. The molecule has 6 heteroatoms. The van der Waals surface area contributed by atoms with Gasteiger partial charge in [0.05, 0.1) is 6.54 Å². The van der Waals surface area contributed by atoms with Crippen molar-refractivity contribution in [2.45, 2.75) is 0 Å². The number of carbonyl (C=O) groups excluding carboxylic acids is 1. The zero-order valence-corrected chi connectivity index (χ0v) is 16.8. The van der Waals surface area contributed by atoms with Crippen LogP contribution in [0.5, 0.6) is 11.5 Å². The van der Waals surface area contributed by atoms with Crippen LogP contribution >= 0.6 is 15.9 Å². The maximum atomic E-state index is 12.1. The summed E-state index contributed by atoms with van der Waals surface area (Å²) in [5.41, 5.74) is 1.56. The van der Waals surface area contributed by atoms with Gasteiger partial charge in [-0.1, -0.05) is 46.3 Å². The molecule has 2 N–H and O–H groups in total. The first-order chi connectivity index (χ1) is 13.7. The summed E-state index contributed by atoms with van der Waals surface area (Å²) in [6, 6.07) is 24.6. The van der Waals surface area contributed by atoms with Crippen molar-refractivity contribution >= 4 is 33.2 Å². The molecule has 0 aromatic heterocycles. The Labute approximate surface area is 172 Å². The smallest absolute Gasteiger partial charge is 0.243 e. The van der Waals surface area contributed by atoms with E-state index in [0.29, 0.717) is 19.0 Å². The van der Waals surface area contributed by atoms with Gasteiger partial charge in [-0.05, 0) is 42.5 Å². The number of rotatable bonds is 9. The van der Waals surface area contributed by atoms with Crippen LogP contribution in [0.4, 0.5) is 11.4 Å². The lowest BCUT2D eigenvalue weighted by Gasteiger charge is -2.11. The van der Waals surface area contributed by atoms with E-state index in [4.69, 9.17) is 9.47 Å². The van der Waals surface area contributed by atoms with Gasteiger partial charge in [-0.25, -0.2) is 0 Å². The molecular formula is C22H21BrN2O3. The molecular weight excluding hydrogens is 420 g/mol. The standard InChI is InChI=1S/C22H21BrN2O3/c23-17-6-4-8-19(14-17)25-22(26)16-24-18-7-5-11-21(15-18)28-13-12-27-20-9-2-1-3-10-20/h1-11,14-15,24H,12-13,16H2,(H,25,26). The van der Waals surface area contributed by atoms with E-state index in [0.717, 1.165) is 21.6 Å². The first-order valence-corrected chi connectivity index (χ1v) is 9.68. The number of para-hydroxylation sites is 1. The molecule has 0 saturated heterocycles. The molecule has 0 aliphatic heterocycles. The van der Waals surface area contributed by atoms with Gasteiger partial charge in [0, 0.05) is 21.9 Å². The number of benzene rings is 3. The van der Waals surface area contributed by atoms with Crippen LogP contribution in [-0.2, 0) is 4.79 Å². The summed E-state index contributed by atoms with van der Waals surface area (Å²) >= 11 is 3.38. The fourth-order valence-electron chi connectivity index (χ4n) is 2.49. The molecule has 0 unspecified atom stereocenters. The molecule has 28 heavy (non-hydrogen) atoms. The highest BCUT2D eigenvalue weighted by atomic mass is 79.9. The van der Waals surface area contributed by atoms with Crippen molar-refractivity contribution in [1.82, 2.24) is 0 Å². The van der Waals surface area contributed by atoms with Gasteiger partial charge in [0.25, 0.3) is 0 Å². The molecule has 0 heterocycles. The highest BCUT2D eigenvalue weighted by molar-refractivity contribution is 9.10. The molecule has 0 bridgehead atoms. The van der Waals surface area contributed by atoms with Crippen molar-refractivity contribution in [3.8, 4) is 11.5 Å². The largest absolute Gasteiger partial charge is 0.490 e. The second kappa shape index (κ2) is 10.4. The number of carbonyl (C=O) groups is 1. The Morgan fingerprint density at radius 1 is 0.786 bits per heavy atom. The SMILES string of the molecule is O=C(CNc1cccc(OCCOc2ccccc2)c1)Nc1cccc(Br)c1. The van der Waals surface area contributed by atoms with Gasteiger partial charge >= 0.3 is 0 Å². The van der Waals surface area contributed by atoms with Crippen LogP contribution in [0.1, 0.15) is 0 Å². The van der Waals surface area contributed by atoms with E-state index in [1.807, 2.05) is 78.9 Å². The summed E-state index contributed by atoms with van der Waals surface area (Å²) < 4.78 is 12.2. The van der Waals surface area contributed by atoms with E-state index >= 15 is 0 Å². The van der Waals surface area contributed by atoms with Gasteiger partial charge in [0.15, 0.2) is 0 Å². The van der Waals surface area contributed by atoms with Crippen molar-refractivity contribution in [3.05, 3.63) is 83.3 Å². The third-order valence-corrected chi connectivity index (χ3v) is 4.25. The van der Waals surface area contributed by atoms with Crippen LogP contribution in [0, 0.1) is 0 Å². The Morgan fingerprint density at radius 3 is 2.25 bits per heavy atom. The van der Waals surface area contributed by atoms with E-state index in [9.17, 15) is 4.79 Å². The number of hydrogen-bond donors (Lipinski definition) is 2. The van der Waals surface area contributed by atoms with Crippen LogP contribution in [0.15, 0.2) is 83.3 Å². The lowest BCUT2D eigenvalue weighted by Crippen LogP contribution is -2.21. The minimum atomic E-state index is -0.124. The number of anilines is 2. The highest BCUT2D eigenvalue weighted by Gasteiger charge is 2.04. The third-order valence-electron chi connectivity index (χ3n) is 3.76. The van der Waals surface area contributed by atoms with E-state index < -0.39 is 0 Å². The van der Waals surface area contributed by atoms with E-state index in [1.165, 1.54) is 0 Å². The molecule has 3 aromatic rings. The molecule has 0 fully saturated rings. The lowest BCUT2D eigenvalue weighted by molar-refractivity contribution is -0.114. The maximum absolute atomic E-state index is 12.1. The lowest BCUT2D eigenvalue weighted by atomic mass is 10.3. The zero-order valence-electron chi connectivity index (χ0n) is 15.2. The van der Waals surface area contributed by atoms with Crippen molar-refractivity contribution in [2.75, 3.05) is 30.4 Å². The molecule has 1 amide bonds. The normalized spacial score (nSPS) is 10.2. The van der Waals surface area contributed by atoms with Crippen molar-refractivity contribution in [2.24, 2.45) is 0 Å². The van der Waals surface area contributed by atoms with Crippen molar-refractivity contribution in [3.63, 3.8) is 0 Å². The molecule has 144 valence electrons. The molecule has 0 aliphatic carbocycles. The molecule has 0 saturated carbocycles. The second-order valence-corrected chi connectivity index (χ2v) is 6.87. The highest BCUT2D eigenvalue weighted by Crippen LogP contribution is 2.18. The quantitative estimate of drug-likeness (QED) is 0.461. The maximum Gasteiger partial charge on any atom is 0.243 e. The monoisotopic (exact) mass is 440 g/mol. The number of halogens is 1. The molecule has 0 atom stereocenters. The Hall–Kier alpha value is -2.99. The minimum absolute atomic E-state index is 0.124. The Morgan fingerprint density at radius 2 is 1.46 bits per heavy atom. The topological polar surface area (TPSA) is 59.6 Å². The number of hydrogen-bond acceptors (Lipinski definition) is 4. The number of nitrogens with one attached hydrogen (secondary N) is 2. The minimum Gasteiger partial charge on any atom is -0.490 e. The first kappa shape index (κ1) is 19.8. The molecule has 0 radical (unpaired) electrons. The van der Waals surface area contributed by atoms with Gasteiger partial charge in [-0.15, -0.1) is 0 Å². The second-order valence-electron chi connectivity index (χ2n) is 5.95. The van der Waals surface area contributed by atoms with Crippen LogP contribution in [-0.4, -0.2) is 25.7 Å². The van der Waals surface area contributed by atoms with E-state index in [1.54, 1.807) is 0 Å². The van der Waals surface area contributed by atoms with E-state index in [-0.39, 0.29) is 12.5 Å². The average Bonchev–Trinajstić information content (AvgIpc) is 2.71. The predicted octanol–water partition coefficient (Wildman–Crippen LogP) is 4.96. The van der Waals surface area contributed by atoms with Crippen LogP contribution in [0.3, 0.4) is 0 Å². The fourth-order valence-corrected chi connectivity index (χ4v) is 2.88. The van der Waals surface area contributed by atoms with Crippen LogP contribution in [0.25, 0.3) is 0 Å². The van der Waals surface area contributed by atoms with Gasteiger partial charge < -0.3 is 20.1 Å². The number of ether oxygens (including phenoxy) is 2. The summed E-state index contributed by atoms with van der Waals surface area (Å²) in [4.78, 5) is 12.1. The van der Waals surface area contributed by atoms with Gasteiger partial charge in [0.1, 0.15) is 24.7 Å². The Kier molecular flexibility index (Phi) is 7.32.